The molecule has 1 aliphatic heterocycles. The lowest BCUT2D eigenvalue weighted by Crippen LogP contribution is -2.32. The first-order chi connectivity index (χ1) is 14.2. The summed E-state index contributed by atoms with van der Waals surface area (Å²) in [6.07, 6.45) is -1.82. The van der Waals surface area contributed by atoms with Crippen molar-refractivity contribution in [3.05, 3.63) is 64.9 Å². The molecule has 3 N–H and O–H groups in total. The van der Waals surface area contributed by atoms with E-state index in [4.69, 9.17) is 5.11 Å². The SMILES string of the molecule is Cc1cc(C(O)CO)cnc1N1CC=C(C(=O)Nc2cccc(C(F)(F)F)c2)CC1. The van der Waals surface area contributed by atoms with E-state index in [9.17, 15) is 23.1 Å². The summed E-state index contributed by atoms with van der Waals surface area (Å²) < 4.78 is 38.5. The van der Waals surface area contributed by atoms with Crippen LogP contribution < -0.4 is 10.2 Å². The van der Waals surface area contributed by atoms with Crippen LogP contribution in [0.15, 0.2) is 48.2 Å². The van der Waals surface area contributed by atoms with Gasteiger partial charge in [-0.1, -0.05) is 12.1 Å². The van der Waals surface area contributed by atoms with Crippen molar-refractivity contribution in [2.24, 2.45) is 0 Å². The third-order valence-electron chi connectivity index (χ3n) is 4.88. The van der Waals surface area contributed by atoms with E-state index >= 15 is 0 Å². The zero-order chi connectivity index (χ0) is 21.9. The van der Waals surface area contributed by atoms with Gasteiger partial charge in [-0.2, -0.15) is 13.2 Å². The van der Waals surface area contributed by atoms with Crippen LogP contribution in [-0.4, -0.2) is 40.8 Å². The number of aliphatic hydroxyl groups excluding tert-OH is 2. The van der Waals surface area contributed by atoms with Crippen molar-refractivity contribution in [3.8, 4) is 0 Å². The number of alkyl halides is 3. The summed E-state index contributed by atoms with van der Waals surface area (Å²) in [5, 5.41) is 21.3. The molecule has 30 heavy (non-hydrogen) atoms. The van der Waals surface area contributed by atoms with Gasteiger partial charge < -0.3 is 20.4 Å². The van der Waals surface area contributed by atoms with Gasteiger partial charge in [0.25, 0.3) is 5.91 Å². The summed E-state index contributed by atoms with van der Waals surface area (Å²) in [7, 11) is 0. The molecular weight excluding hydrogens is 399 g/mol. The molecule has 0 spiro atoms. The molecule has 2 aromatic rings. The monoisotopic (exact) mass is 421 g/mol. The Labute approximate surface area is 171 Å². The third-order valence-corrected chi connectivity index (χ3v) is 4.88. The van der Waals surface area contributed by atoms with Crippen molar-refractivity contribution >= 4 is 17.4 Å². The minimum Gasteiger partial charge on any atom is -0.393 e. The van der Waals surface area contributed by atoms with Crippen molar-refractivity contribution in [1.82, 2.24) is 4.98 Å². The fraction of sp³-hybridized carbons (Fsp3) is 0.333. The van der Waals surface area contributed by atoms with Crippen LogP contribution in [-0.2, 0) is 11.0 Å². The highest BCUT2D eigenvalue weighted by molar-refractivity contribution is 6.04. The molecule has 0 aliphatic carbocycles. The third kappa shape index (κ3) is 4.98. The van der Waals surface area contributed by atoms with Crippen LogP contribution in [0.1, 0.15) is 29.2 Å². The van der Waals surface area contributed by atoms with Crippen LogP contribution in [0.25, 0.3) is 0 Å². The van der Waals surface area contributed by atoms with Crippen molar-refractivity contribution in [2.75, 3.05) is 29.9 Å². The zero-order valence-electron chi connectivity index (χ0n) is 16.3. The first-order valence-corrected chi connectivity index (χ1v) is 9.37. The maximum atomic E-state index is 12.8. The summed E-state index contributed by atoms with van der Waals surface area (Å²) >= 11 is 0. The van der Waals surface area contributed by atoms with Crippen molar-refractivity contribution < 1.29 is 28.2 Å². The molecule has 160 valence electrons. The molecule has 0 radical (unpaired) electrons. The van der Waals surface area contributed by atoms with Gasteiger partial charge in [-0.3, -0.25) is 4.79 Å². The van der Waals surface area contributed by atoms with E-state index in [1.807, 2.05) is 11.8 Å². The molecular formula is C21H22F3N3O3. The standard InChI is InChI=1S/C21H22F3N3O3/c1-13-9-15(18(29)12-28)11-25-19(13)27-7-5-14(6-8-27)20(30)26-17-4-2-3-16(10-17)21(22,23)24/h2-5,9-11,18,28-29H,6-8,12H2,1H3,(H,26,30). The number of aromatic nitrogens is 1. The molecule has 0 fully saturated rings. The molecule has 0 bridgehead atoms. The van der Waals surface area contributed by atoms with E-state index in [0.29, 0.717) is 36.5 Å². The van der Waals surface area contributed by atoms with Gasteiger partial charge in [0.05, 0.1) is 12.2 Å². The Kier molecular flexibility index (Phi) is 6.42. The molecule has 9 heteroatoms. The lowest BCUT2D eigenvalue weighted by atomic mass is 10.1. The van der Waals surface area contributed by atoms with Crippen molar-refractivity contribution in [3.63, 3.8) is 0 Å². The predicted octanol–water partition coefficient (Wildman–Crippen LogP) is 3.21. The van der Waals surface area contributed by atoms with Crippen molar-refractivity contribution in [1.29, 1.82) is 0 Å². The molecule has 1 amide bonds. The van der Waals surface area contributed by atoms with Crippen LogP contribution in [0, 0.1) is 6.92 Å². The number of amides is 1. The largest absolute Gasteiger partial charge is 0.416 e. The van der Waals surface area contributed by atoms with Gasteiger partial charge >= 0.3 is 6.18 Å². The van der Waals surface area contributed by atoms with Crippen molar-refractivity contribution in [2.45, 2.75) is 25.6 Å². The Morgan fingerprint density at radius 3 is 2.70 bits per heavy atom. The topological polar surface area (TPSA) is 85.7 Å². The number of nitrogens with one attached hydrogen (secondary N) is 1. The number of rotatable bonds is 5. The summed E-state index contributed by atoms with van der Waals surface area (Å²) in [5.41, 5.74) is 1.11. The number of pyridine rings is 1. The highest BCUT2D eigenvalue weighted by atomic mass is 19.4. The number of benzene rings is 1. The fourth-order valence-electron chi connectivity index (χ4n) is 3.26. The highest BCUT2D eigenvalue weighted by Crippen LogP contribution is 2.31. The number of carbonyl (C=O) groups excluding carboxylic acids is 1. The lowest BCUT2D eigenvalue weighted by molar-refractivity contribution is -0.137. The Balaban J connectivity index is 1.67. The Morgan fingerprint density at radius 2 is 2.10 bits per heavy atom. The average molecular weight is 421 g/mol. The Bertz CT molecular complexity index is 960. The second-order valence-corrected chi connectivity index (χ2v) is 7.07. The summed E-state index contributed by atoms with van der Waals surface area (Å²) in [4.78, 5) is 18.8. The molecule has 0 saturated heterocycles. The molecule has 6 nitrogen and oxygen atoms in total. The summed E-state index contributed by atoms with van der Waals surface area (Å²) in [6.45, 7) is 2.38. The minimum atomic E-state index is -4.47. The normalized spacial score (nSPS) is 15.5. The van der Waals surface area contributed by atoms with E-state index in [2.05, 4.69) is 10.3 Å². The Morgan fingerprint density at radius 1 is 1.33 bits per heavy atom. The maximum absolute atomic E-state index is 12.8. The van der Waals surface area contributed by atoms with E-state index < -0.39 is 30.4 Å². The van der Waals surface area contributed by atoms with E-state index in [1.54, 1.807) is 12.1 Å². The number of anilines is 2. The lowest BCUT2D eigenvalue weighted by Gasteiger charge is -2.28. The molecule has 1 atom stereocenters. The van der Waals surface area contributed by atoms with Crippen LogP contribution >= 0.6 is 0 Å². The molecule has 3 rings (SSSR count). The van der Waals surface area contributed by atoms with Crippen LogP contribution in [0.3, 0.4) is 0 Å². The molecule has 0 saturated carbocycles. The molecule has 1 unspecified atom stereocenters. The van der Waals surface area contributed by atoms with Gasteiger partial charge in [0.1, 0.15) is 11.9 Å². The van der Waals surface area contributed by atoms with E-state index in [0.717, 1.165) is 17.7 Å². The molecule has 1 aliphatic rings. The average Bonchev–Trinajstić information content (AvgIpc) is 2.73. The van der Waals surface area contributed by atoms with Gasteiger partial charge in [-0.15, -0.1) is 0 Å². The highest BCUT2D eigenvalue weighted by Gasteiger charge is 2.30. The fourth-order valence-corrected chi connectivity index (χ4v) is 3.26. The molecule has 1 aromatic heterocycles. The zero-order valence-corrected chi connectivity index (χ0v) is 16.3. The number of aryl methyl sites for hydroxylation is 1. The number of halogens is 3. The second kappa shape index (κ2) is 8.85. The van der Waals surface area contributed by atoms with Gasteiger partial charge in [-0.05, 0) is 43.2 Å². The maximum Gasteiger partial charge on any atom is 0.416 e. The quantitative estimate of drug-likeness (QED) is 0.690. The van der Waals surface area contributed by atoms with Crippen LogP contribution in [0.5, 0.6) is 0 Å². The summed E-state index contributed by atoms with van der Waals surface area (Å²) in [5.74, 6) is 0.276. The van der Waals surface area contributed by atoms with Gasteiger partial charge in [-0.25, -0.2) is 4.98 Å². The first-order valence-electron chi connectivity index (χ1n) is 9.37. The number of carbonyl (C=O) groups is 1. The molecule has 2 heterocycles. The van der Waals surface area contributed by atoms with Gasteiger partial charge in [0.15, 0.2) is 0 Å². The minimum absolute atomic E-state index is 0.0914. The molecule has 1 aromatic carbocycles. The number of hydrogen-bond donors (Lipinski definition) is 3. The second-order valence-electron chi connectivity index (χ2n) is 7.07. The Hall–Kier alpha value is -2.91. The van der Waals surface area contributed by atoms with Gasteiger partial charge in [0, 0.05) is 36.1 Å². The van der Waals surface area contributed by atoms with E-state index in [-0.39, 0.29) is 5.69 Å². The van der Waals surface area contributed by atoms with Crippen LogP contribution in [0.4, 0.5) is 24.7 Å². The first kappa shape index (κ1) is 21.8. The number of hydrogen-bond acceptors (Lipinski definition) is 5. The summed E-state index contributed by atoms with van der Waals surface area (Å²) in [6, 6.07) is 6.28. The number of nitrogens with zero attached hydrogens (tertiary/aromatic N) is 2. The smallest absolute Gasteiger partial charge is 0.393 e. The van der Waals surface area contributed by atoms with Gasteiger partial charge in [0.2, 0.25) is 0 Å². The van der Waals surface area contributed by atoms with E-state index in [1.165, 1.54) is 18.3 Å². The number of aliphatic hydroxyl groups is 2. The predicted molar refractivity (Wildman–Crippen MR) is 106 cm³/mol. The van der Waals surface area contributed by atoms with Crippen LogP contribution in [0.2, 0.25) is 0 Å².